The molecule has 0 aliphatic carbocycles. The average Bonchev–Trinajstić information content (AvgIpc) is 2.85. The highest BCUT2D eigenvalue weighted by molar-refractivity contribution is 6.30. The number of anilines is 1. The highest BCUT2D eigenvalue weighted by atomic mass is 35.5. The smallest absolute Gasteiger partial charge is 0.258 e. The Morgan fingerprint density at radius 3 is 2.52 bits per heavy atom. The molecule has 0 saturated carbocycles. The second-order valence-corrected chi connectivity index (χ2v) is 6.20. The normalized spacial score (nSPS) is 10.7. The molecule has 25 heavy (non-hydrogen) atoms. The molecule has 0 aliphatic heterocycles. The number of nitrogens with one attached hydrogen (secondary N) is 1. The molecule has 0 saturated heterocycles. The third-order valence-corrected chi connectivity index (χ3v) is 4.24. The molecule has 1 amide bonds. The van der Waals surface area contributed by atoms with Crippen LogP contribution < -0.4 is 5.32 Å². The Bertz CT molecular complexity index is 919. The van der Waals surface area contributed by atoms with Crippen molar-refractivity contribution in [3.05, 3.63) is 81.9 Å². The van der Waals surface area contributed by atoms with Gasteiger partial charge < -0.3 is 5.32 Å². The van der Waals surface area contributed by atoms with Gasteiger partial charge in [0.2, 0.25) is 0 Å². The third kappa shape index (κ3) is 3.72. The molecule has 0 unspecified atom stereocenters. The molecule has 1 N–H and O–H groups in total. The van der Waals surface area contributed by atoms with Crippen LogP contribution in [0.15, 0.2) is 48.5 Å². The maximum atomic E-state index is 13.8. The molecule has 2 aromatic carbocycles. The standard InChI is InChI=1S/C19H17ClFN3O/c1-12-18(22-19(25)16-5-3-4-6-17(16)21)13(2)24(23-12)11-14-7-9-15(20)10-8-14/h3-10H,11H2,1-2H3,(H,22,25). The van der Waals surface area contributed by atoms with Crippen LogP contribution in [0.3, 0.4) is 0 Å². The molecule has 0 aliphatic rings. The summed E-state index contributed by atoms with van der Waals surface area (Å²) < 4.78 is 15.6. The van der Waals surface area contributed by atoms with Crippen LogP contribution in [-0.2, 0) is 6.54 Å². The number of amides is 1. The van der Waals surface area contributed by atoms with Gasteiger partial charge in [-0.2, -0.15) is 5.10 Å². The van der Waals surface area contributed by atoms with Gasteiger partial charge in [0.05, 0.1) is 29.2 Å². The van der Waals surface area contributed by atoms with Crippen molar-refractivity contribution in [2.45, 2.75) is 20.4 Å². The molecule has 1 heterocycles. The van der Waals surface area contributed by atoms with Crippen LogP contribution in [-0.4, -0.2) is 15.7 Å². The Morgan fingerprint density at radius 1 is 1.16 bits per heavy atom. The Morgan fingerprint density at radius 2 is 1.84 bits per heavy atom. The Labute approximate surface area is 150 Å². The molecule has 0 bridgehead atoms. The number of aryl methyl sites for hydroxylation is 1. The molecule has 0 radical (unpaired) electrons. The largest absolute Gasteiger partial charge is 0.319 e. The van der Waals surface area contributed by atoms with E-state index in [4.69, 9.17) is 11.6 Å². The van der Waals surface area contributed by atoms with Gasteiger partial charge in [-0.25, -0.2) is 4.39 Å². The van der Waals surface area contributed by atoms with Crippen LogP contribution in [0.2, 0.25) is 5.02 Å². The number of carbonyl (C=O) groups is 1. The van der Waals surface area contributed by atoms with Crippen molar-refractivity contribution in [3.63, 3.8) is 0 Å². The predicted molar refractivity (Wildman–Crippen MR) is 96.6 cm³/mol. The minimum Gasteiger partial charge on any atom is -0.319 e. The summed E-state index contributed by atoms with van der Waals surface area (Å²) in [5, 5.41) is 7.92. The van der Waals surface area contributed by atoms with Crippen LogP contribution >= 0.6 is 11.6 Å². The number of aromatic nitrogens is 2. The van der Waals surface area contributed by atoms with Crippen molar-refractivity contribution in [2.24, 2.45) is 0 Å². The lowest BCUT2D eigenvalue weighted by Crippen LogP contribution is -2.15. The van der Waals surface area contributed by atoms with Gasteiger partial charge in [0, 0.05) is 5.02 Å². The molecule has 0 spiro atoms. The fourth-order valence-electron chi connectivity index (χ4n) is 2.62. The van der Waals surface area contributed by atoms with Gasteiger partial charge in [-0.1, -0.05) is 35.9 Å². The first-order valence-corrected chi connectivity index (χ1v) is 8.18. The van der Waals surface area contributed by atoms with E-state index in [-0.39, 0.29) is 5.56 Å². The van der Waals surface area contributed by atoms with Crippen molar-refractivity contribution >= 4 is 23.2 Å². The summed E-state index contributed by atoms with van der Waals surface area (Å²) in [6, 6.07) is 13.4. The lowest BCUT2D eigenvalue weighted by molar-refractivity contribution is 0.102. The fourth-order valence-corrected chi connectivity index (χ4v) is 2.75. The zero-order chi connectivity index (χ0) is 18.0. The van der Waals surface area contributed by atoms with Crippen LogP contribution in [0.5, 0.6) is 0 Å². The van der Waals surface area contributed by atoms with E-state index in [2.05, 4.69) is 10.4 Å². The van der Waals surface area contributed by atoms with Crippen molar-refractivity contribution in [1.29, 1.82) is 0 Å². The summed E-state index contributed by atoms with van der Waals surface area (Å²) in [7, 11) is 0. The van der Waals surface area contributed by atoms with E-state index in [1.807, 2.05) is 38.1 Å². The summed E-state index contributed by atoms with van der Waals surface area (Å²) in [4.78, 5) is 12.3. The van der Waals surface area contributed by atoms with Gasteiger partial charge in [-0.05, 0) is 43.7 Å². The highest BCUT2D eigenvalue weighted by Gasteiger charge is 2.17. The number of rotatable bonds is 4. The van der Waals surface area contributed by atoms with Gasteiger partial charge in [0.1, 0.15) is 5.82 Å². The maximum Gasteiger partial charge on any atom is 0.258 e. The summed E-state index contributed by atoms with van der Waals surface area (Å²) >= 11 is 5.90. The number of nitrogens with zero attached hydrogens (tertiary/aromatic N) is 2. The molecular formula is C19H17ClFN3O. The van der Waals surface area contributed by atoms with Gasteiger partial charge >= 0.3 is 0 Å². The number of hydrogen-bond donors (Lipinski definition) is 1. The highest BCUT2D eigenvalue weighted by Crippen LogP contribution is 2.22. The Balaban J connectivity index is 1.83. The molecule has 1 aromatic heterocycles. The summed E-state index contributed by atoms with van der Waals surface area (Å²) in [5.74, 6) is -1.04. The lowest BCUT2D eigenvalue weighted by atomic mass is 10.2. The number of hydrogen-bond acceptors (Lipinski definition) is 2. The molecule has 6 heteroatoms. The molecule has 3 rings (SSSR count). The number of carbonyl (C=O) groups excluding carboxylic acids is 1. The quantitative estimate of drug-likeness (QED) is 0.742. The second-order valence-electron chi connectivity index (χ2n) is 5.76. The van der Waals surface area contributed by atoms with Gasteiger partial charge in [0.15, 0.2) is 0 Å². The zero-order valence-electron chi connectivity index (χ0n) is 13.9. The van der Waals surface area contributed by atoms with E-state index in [0.29, 0.717) is 22.9 Å². The lowest BCUT2D eigenvalue weighted by Gasteiger charge is -2.08. The van der Waals surface area contributed by atoms with E-state index in [9.17, 15) is 9.18 Å². The fraction of sp³-hybridized carbons (Fsp3) is 0.158. The summed E-state index contributed by atoms with van der Waals surface area (Å²) in [5.41, 5.74) is 3.13. The van der Waals surface area contributed by atoms with Crippen LogP contribution in [0, 0.1) is 19.7 Å². The molecule has 4 nitrogen and oxygen atoms in total. The van der Waals surface area contributed by atoms with Crippen LogP contribution in [0.4, 0.5) is 10.1 Å². The monoisotopic (exact) mass is 357 g/mol. The molecule has 0 atom stereocenters. The zero-order valence-corrected chi connectivity index (χ0v) is 14.6. The third-order valence-electron chi connectivity index (χ3n) is 3.98. The van der Waals surface area contributed by atoms with E-state index >= 15 is 0 Å². The van der Waals surface area contributed by atoms with Gasteiger partial charge in [0.25, 0.3) is 5.91 Å². The Kier molecular flexibility index (Phi) is 4.86. The van der Waals surface area contributed by atoms with E-state index in [0.717, 1.165) is 11.3 Å². The second kappa shape index (κ2) is 7.07. The van der Waals surface area contributed by atoms with Gasteiger partial charge in [-0.15, -0.1) is 0 Å². The summed E-state index contributed by atoms with van der Waals surface area (Å²) in [6.45, 7) is 4.23. The molecular weight excluding hydrogens is 341 g/mol. The average molecular weight is 358 g/mol. The van der Waals surface area contributed by atoms with Crippen molar-refractivity contribution in [3.8, 4) is 0 Å². The van der Waals surface area contributed by atoms with E-state index < -0.39 is 11.7 Å². The minimum absolute atomic E-state index is 0.00625. The van der Waals surface area contributed by atoms with Crippen LogP contribution in [0.1, 0.15) is 27.3 Å². The number of halogens is 2. The minimum atomic E-state index is -0.552. The number of benzene rings is 2. The maximum absolute atomic E-state index is 13.8. The molecule has 128 valence electrons. The van der Waals surface area contributed by atoms with Crippen molar-refractivity contribution in [2.75, 3.05) is 5.32 Å². The summed E-state index contributed by atoms with van der Waals surface area (Å²) in [6.07, 6.45) is 0. The topological polar surface area (TPSA) is 46.9 Å². The Hall–Kier alpha value is -2.66. The molecule has 0 fully saturated rings. The first kappa shape index (κ1) is 17.2. The first-order chi connectivity index (χ1) is 12.0. The molecule has 3 aromatic rings. The van der Waals surface area contributed by atoms with Crippen molar-refractivity contribution in [1.82, 2.24) is 9.78 Å². The first-order valence-electron chi connectivity index (χ1n) is 7.80. The van der Waals surface area contributed by atoms with Gasteiger partial charge in [-0.3, -0.25) is 9.48 Å². The van der Waals surface area contributed by atoms with E-state index in [1.165, 1.54) is 12.1 Å². The van der Waals surface area contributed by atoms with Crippen molar-refractivity contribution < 1.29 is 9.18 Å². The predicted octanol–water partition coefficient (Wildman–Crippen LogP) is 4.59. The SMILES string of the molecule is Cc1nn(Cc2ccc(Cl)cc2)c(C)c1NC(=O)c1ccccc1F. The van der Waals surface area contributed by atoms with Crippen LogP contribution in [0.25, 0.3) is 0 Å². The van der Waals surface area contributed by atoms with E-state index in [1.54, 1.807) is 16.8 Å².